The van der Waals surface area contributed by atoms with E-state index in [1.165, 1.54) is 45.1 Å². The molecular weight excluding hydrogens is 212 g/mol. The third-order valence-electron chi connectivity index (χ3n) is 4.06. The van der Waals surface area contributed by atoms with Crippen LogP contribution in [0.5, 0.6) is 0 Å². The molecule has 2 saturated carbocycles. The van der Waals surface area contributed by atoms with Crippen LogP contribution in [0.3, 0.4) is 0 Å². The summed E-state index contributed by atoms with van der Waals surface area (Å²) in [5, 5.41) is 0. The van der Waals surface area contributed by atoms with Crippen LogP contribution in [0.1, 0.15) is 38.5 Å². The Hall–Kier alpha value is -0.120. The quantitative estimate of drug-likeness (QED) is 0.690. The van der Waals surface area contributed by atoms with Gasteiger partial charge < -0.3 is 15.4 Å². The van der Waals surface area contributed by atoms with E-state index >= 15 is 0 Å². The van der Waals surface area contributed by atoms with Crippen LogP contribution in [0.25, 0.3) is 0 Å². The number of rotatable bonds is 7. The Morgan fingerprint density at radius 3 is 2.71 bits per heavy atom. The van der Waals surface area contributed by atoms with Crippen molar-refractivity contribution in [1.82, 2.24) is 4.90 Å². The van der Waals surface area contributed by atoms with E-state index in [0.29, 0.717) is 6.04 Å². The largest absolute Gasteiger partial charge is 0.380 e. The standard InChI is InChI=1S/C14H28N2O/c1-16(7-8-17-11-12-5-6-12)10-13-3-2-4-14(15)9-13/h12-14H,2-11,15H2,1H3. The van der Waals surface area contributed by atoms with Crippen LogP contribution < -0.4 is 5.73 Å². The van der Waals surface area contributed by atoms with Crippen molar-refractivity contribution >= 4 is 0 Å². The fourth-order valence-electron chi connectivity index (χ4n) is 2.79. The molecule has 0 amide bonds. The van der Waals surface area contributed by atoms with Crippen LogP contribution in [0.4, 0.5) is 0 Å². The lowest BCUT2D eigenvalue weighted by molar-refractivity contribution is 0.0960. The second-order valence-electron chi connectivity index (χ2n) is 6.07. The molecule has 0 spiro atoms. The normalized spacial score (nSPS) is 29.8. The van der Waals surface area contributed by atoms with Gasteiger partial charge in [0.2, 0.25) is 0 Å². The molecule has 2 rings (SSSR count). The fourth-order valence-corrected chi connectivity index (χ4v) is 2.79. The van der Waals surface area contributed by atoms with Gasteiger partial charge in [0, 0.05) is 25.7 Å². The molecular formula is C14H28N2O. The van der Waals surface area contributed by atoms with E-state index in [1.807, 2.05) is 0 Å². The monoisotopic (exact) mass is 240 g/mol. The molecule has 0 heterocycles. The zero-order valence-electron chi connectivity index (χ0n) is 11.2. The molecule has 0 aliphatic heterocycles. The predicted octanol–water partition coefficient (Wildman–Crippen LogP) is 1.86. The highest BCUT2D eigenvalue weighted by atomic mass is 16.5. The van der Waals surface area contributed by atoms with Crippen molar-refractivity contribution in [1.29, 1.82) is 0 Å². The van der Waals surface area contributed by atoms with Gasteiger partial charge in [-0.2, -0.15) is 0 Å². The van der Waals surface area contributed by atoms with Gasteiger partial charge in [0.05, 0.1) is 6.61 Å². The lowest BCUT2D eigenvalue weighted by Crippen LogP contribution is -2.35. The molecule has 0 radical (unpaired) electrons. The number of hydrogen-bond donors (Lipinski definition) is 1. The number of likely N-dealkylation sites (N-methyl/N-ethyl adjacent to an activating group) is 1. The average molecular weight is 240 g/mol. The maximum absolute atomic E-state index is 6.02. The molecule has 0 saturated heterocycles. The number of nitrogens with zero attached hydrogens (tertiary/aromatic N) is 1. The van der Waals surface area contributed by atoms with Crippen LogP contribution in [0.15, 0.2) is 0 Å². The summed E-state index contributed by atoms with van der Waals surface area (Å²) in [4.78, 5) is 2.41. The van der Waals surface area contributed by atoms with E-state index < -0.39 is 0 Å². The molecule has 2 fully saturated rings. The van der Waals surface area contributed by atoms with Crippen LogP contribution in [-0.4, -0.2) is 44.3 Å². The molecule has 3 nitrogen and oxygen atoms in total. The van der Waals surface area contributed by atoms with Gasteiger partial charge in [-0.3, -0.25) is 0 Å². The summed E-state index contributed by atoms with van der Waals surface area (Å²) in [5.74, 6) is 1.70. The van der Waals surface area contributed by atoms with E-state index in [-0.39, 0.29) is 0 Å². The fraction of sp³-hybridized carbons (Fsp3) is 1.00. The van der Waals surface area contributed by atoms with Gasteiger partial charge in [0.25, 0.3) is 0 Å². The highest BCUT2D eigenvalue weighted by molar-refractivity contribution is 4.77. The second-order valence-corrected chi connectivity index (χ2v) is 6.07. The first-order valence-electron chi connectivity index (χ1n) is 7.26. The topological polar surface area (TPSA) is 38.5 Å². The highest BCUT2D eigenvalue weighted by Crippen LogP contribution is 2.28. The number of ether oxygens (including phenoxy) is 1. The Morgan fingerprint density at radius 2 is 2.00 bits per heavy atom. The second kappa shape index (κ2) is 6.72. The minimum Gasteiger partial charge on any atom is -0.380 e. The molecule has 0 aromatic heterocycles. The van der Waals surface area contributed by atoms with E-state index in [0.717, 1.165) is 31.6 Å². The van der Waals surface area contributed by atoms with Crippen molar-refractivity contribution in [2.24, 2.45) is 17.6 Å². The molecule has 2 aliphatic carbocycles. The molecule has 3 heteroatoms. The summed E-state index contributed by atoms with van der Waals surface area (Å²) in [7, 11) is 2.21. The van der Waals surface area contributed by atoms with Gasteiger partial charge >= 0.3 is 0 Å². The van der Waals surface area contributed by atoms with Crippen molar-refractivity contribution in [2.75, 3.05) is 33.4 Å². The lowest BCUT2D eigenvalue weighted by Gasteiger charge is -2.30. The molecule has 2 N–H and O–H groups in total. The highest BCUT2D eigenvalue weighted by Gasteiger charge is 2.22. The van der Waals surface area contributed by atoms with E-state index in [9.17, 15) is 0 Å². The van der Waals surface area contributed by atoms with Gasteiger partial charge in [-0.25, -0.2) is 0 Å². The number of hydrogen-bond acceptors (Lipinski definition) is 3. The van der Waals surface area contributed by atoms with Crippen LogP contribution in [0, 0.1) is 11.8 Å². The Labute approximate surface area is 106 Å². The Morgan fingerprint density at radius 1 is 1.18 bits per heavy atom. The van der Waals surface area contributed by atoms with Gasteiger partial charge in [-0.1, -0.05) is 6.42 Å². The van der Waals surface area contributed by atoms with Crippen LogP contribution in [0.2, 0.25) is 0 Å². The molecule has 0 aromatic carbocycles. The zero-order valence-corrected chi connectivity index (χ0v) is 11.2. The lowest BCUT2D eigenvalue weighted by atomic mass is 9.86. The van der Waals surface area contributed by atoms with Crippen molar-refractivity contribution < 1.29 is 4.74 Å². The van der Waals surface area contributed by atoms with Crippen molar-refractivity contribution in [3.05, 3.63) is 0 Å². The molecule has 0 aromatic rings. The maximum Gasteiger partial charge on any atom is 0.0593 e. The molecule has 2 unspecified atom stereocenters. The maximum atomic E-state index is 6.02. The SMILES string of the molecule is CN(CCOCC1CC1)CC1CCCC(N)C1. The summed E-state index contributed by atoms with van der Waals surface area (Å²) in [5.41, 5.74) is 6.02. The Balaban J connectivity index is 1.51. The first-order chi connectivity index (χ1) is 8.24. The summed E-state index contributed by atoms with van der Waals surface area (Å²) >= 11 is 0. The third kappa shape index (κ3) is 5.36. The van der Waals surface area contributed by atoms with Gasteiger partial charge in [0.15, 0.2) is 0 Å². The van der Waals surface area contributed by atoms with Gasteiger partial charge in [-0.05, 0) is 51.0 Å². The van der Waals surface area contributed by atoms with E-state index in [2.05, 4.69) is 11.9 Å². The Kier molecular flexibility index (Phi) is 5.26. The average Bonchev–Trinajstić information content (AvgIpc) is 3.08. The van der Waals surface area contributed by atoms with Crippen molar-refractivity contribution in [3.8, 4) is 0 Å². The minimum absolute atomic E-state index is 0.452. The summed E-state index contributed by atoms with van der Waals surface area (Å²) in [6.07, 6.45) is 7.89. The van der Waals surface area contributed by atoms with Crippen LogP contribution in [-0.2, 0) is 4.74 Å². The summed E-state index contributed by atoms with van der Waals surface area (Å²) in [6.45, 7) is 4.15. The van der Waals surface area contributed by atoms with Crippen molar-refractivity contribution in [3.63, 3.8) is 0 Å². The molecule has 2 atom stereocenters. The van der Waals surface area contributed by atoms with Gasteiger partial charge in [0.1, 0.15) is 0 Å². The zero-order chi connectivity index (χ0) is 12.1. The van der Waals surface area contributed by atoms with E-state index in [1.54, 1.807) is 0 Å². The molecule has 0 bridgehead atoms. The molecule has 100 valence electrons. The summed E-state index contributed by atoms with van der Waals surface area (Å²) in [6, 6.07) is 0.452. The predicted molar refractivity (Wildman–Crippen MR) is 71.0 cm³/mol. The van der Waals surface area contributed by atoms with Crippen LogP contribution >= 0.6 is 0 Å². The summed E-state index contributed by atoms with van der Waals surface area (Å²) < 4.78 is 5.67. The smallest absolute Gasteiger partial charge is 0.0593 e. The van der Waals surface area contributed by atoms with E-state index in [4.69, 9.17) is 10.5 Å². The van der Waals surface area contributed by atoms with Gasteiger partial charge in [-0.15, -0.1) is 0 Å². The Bertz CT molecular complexity index is 218. The molecule has 17 heavy (non-hydrogen) atoms. The minimum atomic E-state index is 0.452. The van der Waals surface area contributed by atoms with Crippen molar-refractivity contribution in [2.45, 2.75) is 44.6 Å². The third-order valence-corrected chi connectivity index (χ3v) is 4.06. The number of nitrogens with two attached hydrogens (primary N) is 1. The molecule has 2 aliphatic rings. The first-order valence-corrected chi connectivity index (χ1v) is 7.26. The first kappa shape index (κ1) is 13.3.